The number of hydrogen-bond donors (Lipinski definition) is 2. The Hall–Kier alpha value is -1.56. The van der Waals surface area contributed by atoms with Gasteiger partial charge in [0.2, 0.25) is 0 Å². The van der Waals surface area contributed by atoms with Gasteiger partial charge in [0, 0.05) is 13.1 Å². The second kappa shape index (κ2) is 4.75. The quantitative estimate of drug-likeness (QED) is 0.821. The molecular formula is C10H13ClN4O2. The van der Waals surface area contributed by atoms with Gasteiger partial charge in [-0.15, -0.1) is 0 Å². The number of carbonyl (C=O) groups is 1. The zero-order valence-corrected chi connectivity index (χ0v) is 9.89. The number of carboxylic acids is 1. The molecule has 0 bridgehead atoms. The maximum Gasteiger partial charge on any atom is 0.308 e. The molecule has 92 valence electrons. The minimum absolute atomic E-state index is 0.217. The van der Waals surface area contributed by atoms with E-state index < -0.39 is 5.97 Å². The van der Waals surface area contributed by atoms with Crippen LogP contribution in [-0.2, 0) is 4.79 Å². The minimum Gasteiger partial charge on any atom is -0.481 e. The van der Waals surface area contributed by atoms with E-state index >= 15 is 0 Å². The number of aliphatic carboxylic acids is 1. The van der Waals surface area contributed by atoms with Crippen molar-refractivity contribution in [2.24, 2.45) is 5.92 Å². The largest absolute Gasteiger partial charge is 0.481 e. The summed E-state index contributed by atoms with van der Waals surface area (Å²) in [5, 5.41) is 9.30. The molecular weight excluding hydrogens is 244 g/mol. The van der Waals surface area contributed by atoms with Gasteiger partial charge in [0.1, 0.15) is 17.2 Å². The summed E-state index contributed by atoms with van der Waals surface area (Å²) < 4.78 is 0. The highest BCUT2D eigenvalue weighted by Gasteiger charge is 2.27. The molecule has 2 heterocycles. The van der Waals surface area contributed by atoms with E-state index in [1.807, 2.05) is 4.90 Å². The first-order valence-corrected chi connectivity index (χ1v) is 5.71. The van der Waals surface area contributed by atoms with E-state index in [9.17, 15) is 4.79 Å². The van der Waals surface area contributed by atoms with Crippen molar-refractivity contribution in [3.63, 3.8) is 0 Å². The van der Waals surface area contributed by atoms with Gasteiger partial charge in [0.15, 0.2) is 5.82 Å². The van der Waals surface area contributed by atoms with Crippen LogP contribution in [0.4, 0.5) is 11.6 Å². The Morgan fingerprint density at radius 3 is 3.06 bits per heavy atom. The molecule has 7 heteroatoms. The number of piperidine rings is 1. The third-order valence-corrected chi connectivity index (χ3v) is 3.23. The lowest BCUT2D eigenvalue weighted by atomic mass is 9.98. The van der Waals surface area contributed by atoms with Gasteiger partial charge in [-0.05, 0) is 12.8 Å². The molecule has 0 radical (unpaired) electrons. The lowest BCUT2D eigenvalue weighted by Gasteiger charge is -2.32. The minimum atomic E-state index is -0.784. The Morgan fingerprint density at radius 2 is 2.35 bits per heavy atom. The van der Waals surface area contributed by atoms with Crippen LogP contribution in [0, 0.1) is 5.92 Å². The zero-order valence-electron chi connectivity index (χ0n) is 9.14. The van der Waals surface area contributed by atoms with Crippen LogP contribution >= 0.6 is 11.6 Å². The highest BCUT2D eigenvalue weighted by Crippen LogP contribution is 2.30. The molecule has 1 fully saturated rings. The standard InChI is InChI=1S/C10H13ClN4O2/c11-7-8(12)13-5-14-9(7)15-3-1-2-6(4-15)10(16)17/h5-6H,1-4H2,(H,16,17)(H2,12,13,14). The van der Waals surface area contributed by atoms with Crippen molar-refractivity contribution in [2.45, 2.75) is 12.8 Å². The van der Waals surface area contributed by atoms with Gasteiger partial charge in [-0.1, -0.05) is 11.6 Å². The van der Waals surface area contributed by atoms with Gasteiger partial charge in [0.25, 0.3) is 0 Å². The van der Waals surface area contributed by atoms with Crippen LogP contribution in [0.2, 0.25) is 5.02 Å². The fourth-order valence-electron chi connectivity index (χ4n) is 1.97. The van der Waals surface area contributed by atoms with Crippen LogP contribution in [0.15, 0.2) is 6.33 Å². The monoisotopic (exact) mass is 256 g/mol. The molecule has 1 aliphatic rings. The first-order chi connectivity index (χ1) is 8.09. The number of carboxylic acid groups (broad SMARTS) is 1. The van der Waals surface area contributed by atoms with Gasteiger partial charge >= 0.3 is 5.97 Å². The molecule has 1 atom stereocenters. The molecule has 1 aliphatic heterocycles. The van der Waals surface area contributed by atoms with E-state index in [4.69, 9.17) is 22.4 Å². The lowest BCUT2D eigenvalue weighted by molar-refractivity contribution is -0.141. The van der Waals surface area contributed by atoms with Crippen molar-refractivity contribution in [3.05, 3.63) is 11.3 Å². The first-order valence-electron chi connectivity index (χ1n) is 5.33. The van der Waals surface area contributed by atoms with Crippen LogP contribution in [0.25, 0.3) is 0 Å². The van der Waals surface area contributed by atoms with E-state index in [2.05, 4.69) is 9.97 Å². The topological polar surface area (TPSA) is 92.3 Å². The fraction of sp³-hybridized carbons (Fsp3) is 0.500. The Morgan fingerprint density at radius 1 is 1.59 bits per heavy atom. The van der Waals surface area contributed by atoms with Crippen LogP contribution < -0.4 is 10.6 Å². The van der Waals surface area contributed by atoms with Gasteiger partial charge in [-0.3, -0.25) is 4.79 Å². The summed E-state index contributed by atoms with van der Waals surface area (Å²) in [4.78, 5) is 20.7. The zero-order chi connectivity index (χ0) is 12.4. The normalized spacial score (nSPS) is 20.3. The number of nitrogen functional groups attached to an aromatic ring is 1. The SMILES string of the molecule is Nc1ncnc(N2CCCC(C(=O)O)C2)c1Cl. The number of nitrogens with zero attached hydrogens (tertiary/aromatic N) is 3. The second-order valence-corrected chi connectivity index (χ2v) is 4.40. The number of nitrogens with two attached hydrogens (primary N) is 1. The Kier molecular flexibility index (Phi) is 3.33. The van der Waals surface area contributed by atoms with Crippen molar-refractivity contribution in [3.8, 4) is 0 Å². The van der Waals surface area contributed by atoms with E-state index in [1.54, 1.807) is 0 Å². The molecule has 2 rings (SSSR count). The van der Waals surface area contributed by atoms with Crippen molar-refractivity contribution in [2.75, 3.05) is 23.7 Å². The molecule has 0 aromatic carbocycles. The summed E-state index contributed by atoms with van der Waals surface area (Å²) in [6.07, 6.45) is 2.82. The van der Waals surface area contributed by atoms with Crippen LogP contribution in [0.5, 0.6) is 0 Å². The molecule has 0 saturated carbocycles. The number of rotatable bonds is 2. The third-order valence-electron chi connectivity index (χ3n) is 2.87. The lowest BCUT2D eigenvalue weighted by Crippen LogP contribution is -2.39. The summed E-state index contributed by atoms with van der Waals surface area (Å²) in [5.74, 6) is -0.428. The van der Waals surface area contributed by atoms with Gasteiger partial charge < -0.3 is 15.7 Å². The summed E-state index contributed by atoms with van der Waals surface area (Å²) in [5.41, 5.74) is 5.60. The number of anilines is 2. The summed E-state index contributed by atoms with van der Waals surface area (Å²) in [6, 6.07) is 0. The molecule has 17 heavy (non-hydrogen) atoms. The summed E-state index contributed by atoms with van der Waals surface area (Å²) in [6.45, 7) is 1.14. The molecule has 0 amide bonds. The smallest absolute Gasteiger partial charge is 0.308 e. The highest BCUT2D eigenvalue weighted by atomic mass is 35.5. The fourth-order valence-corrected chi connectivity index (χ4v) is 2.18. The summed E-state index contributed by atoms with van der Waals surface area (Å²) >= 11 is 6.01. The number of hydrogen-bond acceptors (Lipinski definition) is 5. The highest BCUT2D eigenvalue weighted by molar-refractivity contribution is 6.35. The van der Waals surface area contributed by atoms with Gasteiger partial charge in [-0.25, -0.2) is 9.97 Å². The van der Waals surface area contributed by atoms with E-state index in [1.165, 1.54) is 6.33 Å². The van der Waals surface area contributed by atoms with Gasteiger partial charge in [-0.2, -0.15) is 0 Å². The van der Waals surface area contributed by atoms with Crippen molar-refractivity contribution < 1.29 is 9.90 Å². The molecule has 0 aliphatic carbocycles. The average Bonchev–Trinajstić information content (AvgIpc) is 2.33. The predicted molar refractivity (Wildman–Crippen MR) is 64.0 cm³/mol. The second-order valence-electron chi connectivity index (χ2n) is 4.02. The molecule has 1 aromatic heterocycles. The Labute approximate surface area is 103 Å². The molecule has 1 unspecified atom stereocenters. The first kappa shape index (κ1) is 11.9. The van der Waals surface area contributed by atoms with E-state index in [-0.39, 0.29) is 11.7 Å². The van der Waals surface area contributed by atoms with Crippen LogP contribution in [0.1, 0.15) is 12.8 Å². The van der Waals surface area contributed by atoms with Gasteiger partial charge in [0.05, 0.1) is 5.92 Å². The van der Waals surface area contributed by atoms with Crippen molar-refractivity contribution >= 4 is 29.2 Å². The van der Waals surface area contributed by atoms with Crippen LogP contribution in [-0.4, -0.2) is 34.1 Å². The van der Waals surface area contributed by atoms with Crippen molar-refractivity contribution in [1.82, 2.24) is 9.97 Å². The summed E-state index contributed by atoms with van der Waals surface area (Å²) in [7, 11) is 0. The predicted octanol–water partition coefficient (Wildman–Crippen LogP) is 1.01. The molecule has 6 nitrogen and oxygen atoms in total. The number of halogens is 1. The Balaban J connectivity index is 2.22. The maximum absolute atomic E-state index is 11.0. The molecule has 3 N–H and O–H groups in total. The molecule has 1 saturated heterocycles. The van der Waals surface area contributed by atoms with E-state index in [0.29, 0.717) is 23.8 Å². The van der Waals surface area contributed by atoms with E-state index in [0.717, 1.165) is 13.0 Å². The van der Waals surface area contributed by atoms with Crippen LogP contribution in [0.3, 0.4) is 0 Å². The van der Waals surface area contributed by atoms with Crippen molar-refractivity contribution in [1.29, 1.82) is 0 Å². The third kappa shape index (κ3) is 2.41. The molecule has 1 aromatic rings. The Bertz CT molecular complexity index is 440. The maximum atomic E-state index is 11.0. The average molecular weight is 257 g/mol. The molecule has 0 spiro atoms. The number of aromatic nitrogens is 2.